The molecule has 0 aromatic heterocycles. The van der Waals surface area contributed by atoms with Crippen molar-refractivity contribution in [3.05, 3.63) is 34.1 Å². The summed E-state index contributed by atoms with van der Waals surface area (Å²) in [5.74, 6) is 1.82. The van der Waals surface area contributed by atoms with Crippen LogP contribution in [0.15, 0.2) is 22.7 Å². The molecule has 0 aliphatic carbocycles. The maximum absolute atomic E-state index is 13.0. The van der Waals surface area contributed by atoms with Crippen LogP contribution >= 0.6 is 27.7 Å². The van der Waals surface area contributed by atoms with Crippen LogP contribution in [0.2, 0.25) is 0 Å². The molecule has 2 atom stereocenters. The van der Waals surface area contributed by atoms with Crippen molar-refractivity contribution in [1.29, 1.82) is 0 Å². The number of aliphatic hydroxyl groups excluding tert-OH is 1. The van der Waals surface area contributed by atoms with E-state index in [1.807, 2.05) is 18.8 Å². The second kappa shape index (κ2) is 6.37. The minimum atomic E-state index is -0.412. The Morgan fingerprint density at radius 1 is 1.61 bits per heavy atom. The highest BCUT2D eigenvalue weighted by atomic mass is 79.9. The average Bonchev–Trinajstić information content (AvgIpc) is 2.33. The Bertz CT molecular complexity index is 418. The van der Waals surface area contributed by atoms with Crippen molar-refractivity contribution in [3.63, 3.8) is 0 Å². The lowest BCUT2D eigenvalue weighted by Gasteiger charge is -2.35. The third-order valence-corrected chi connectivity index (χ3v) is 5.12. The summed E-state index contributed by atoms with van der Waals surface area (Å²) in [6.07, 6.45) is 0.140. The van der Waals surface area contributed by atoms with Crippen molar-refractivity contribution in [2.24, 2.45) is 0 Å². The monoisotopic (exact) mass is 333 g/mol. The summed E-state index contributed by atoms with van der Waals surface area (Å²) in [5, 5.41) is 10.3. The number of benzene rings is 1. The fourth-order valence-electron chi connectivity index (χ4n) is 2.16. The minimum Gasteiger partial charge on any atom is -0.391 e. The Morgan fingerprint density at radius 3 is 3.06 bits per heavy atom. The standard InChI is InChI=1S/C13H17BrFNOS/c1-16-4-5-18-8-12(16)13(17)6-9-2-3-10(15)7-11(9)14/h2-3,7,12-13,17H,4-6,8H2,1H3. The van der Waals surface area contributed by atoms with Gasteiger partial charge in [-0.2, -0.15) is 11.8 Å². The Labute approximate surface area is 120 Å². The van der Waals surface area contributed by atoms with Crippen LogP contribution < -0.4 is 0 Å². The summed E-state index contributed by atoms with van der Waals surface area (Å²) < 4.78 is 13.7. The lowest BCUT2D eigenvalue weighted by molar-refractivity contribution is 0.0762. The second-order valence-corrected chi connectivity index (χ2v) is 6.63. The van der Waals surface area contributed by atoms with Gasteiger partial charge in [0.2, 0.25) is 0 Å². The molecule has 0 amide bonds. The molecule has 100 valence electrons. The molecule has 1 heterocycles. The summed E-state index contributed by atoms with van der Waals surface area (Å²) >= 11 is 5.22. The van der Waals surface area contributed by atoms with E-state index in [1.54, 1.807) is 6.07 Å². The van der Waals surface area contributed by atoms with Gasteiger partial charge in [0.1, 0.15) is 5.82 Å². The fourth-order valence-corrected chi connectivity index (χ4v) is 3.97. The Balaban J connectivity index is 2.03. The predicted molar refractivity (Wildman–Crippen MR) is 77.6 cm³/mol. The first-order chi connectivity index (χ1) is 8.58. The fraction of sp³-hybridized carbons (Fsp3) is 0.538. The van der Waals surface area contributed by atoms with E-state index in [-0.39, 0.29) is 11.9 Å². The topological polar surface area (TPSA) is 23.5 Å². The molecule has 1 saturated heterocycles. The molecule has 2 unspecified atom stereocenters. The summed E-state index contributed by atoms with van der Waals surface area (Å²) in [6, 6.07) is 4.80. The third-order valence-electron chi connectivity index (χ3n) is 3.33. The van der Waals surface area contributed by atoms with E-state index in [1.165, 1.54) is 12.1 Å². The number of halogens is 2. The number of thioether (sulfide) groups is 1. The smallest absolute Gasteiger partial charge is 0.124 e. The van der Waals surface area contributed by atoms with E-state index in [2.05, 4.69) is 20.8 Å². The largest absolute Gasteiger partial charge is 0.391 e. The van der Waals surface area contributed by atoms with E-state index < -0.39 is 6.10 Å². The number of aliphatic hydroxyl groups is 1. The van der Waals surface area contributed by atoms with Gasteiger partial charge in [0, 0.05) is 35.0 Å². The molecule has 0 saturated carbocycles. The first kappa shape index (κ1) is 14.3. The van der Waals surface area contributed by atoms with Crippen LogP contribution in [0.3, 0.4) is 0 Å². The zero-order chi connectivity index (χ0) is 13.1. The highest BCUT2D eigenvalue weighted by molar-refractivity contribution is 9.10. The van der Waals surface area contributed by atoms with Gasteiger partial charge >= 0.3 is 0 Å². The Hall–Kier alpha value is -0.100. The molecule has 2 nitrogen and oxygen atoms in total. The van der Waals surface area contributed by atoms with Crippen LogP contribution in [-0.2, 0) is 6.42 Å². The second-order valence-electron chi connectivity index (χ2n) is 4.63. The van der Waals surface area contributed by atoms with Gasteiger partial charge in [-0.05, 0) is 24.7 Å². The van der Waals surface area contributed by atoms with Crippen molar-refractivity contribution in [3.8, 4) is 0 Å². The van der Waals surface area contributed by atoms with Crippen molar-refractivity contribution < 1.29 is 9.50 Å². The van der Waals surface area contributed by atoms with Crippen LogP contribution in [0, 0.1) is 5.82 Å². The van der Waals surface area contributed by atoms with E-state index in [0.717, 1.165) is 28.1 Å². The summed E-state index contributed by atoms with van der Waals surface area (Å²) in [6.45, 7) is 1.01. The van der Waals surface area contributed by atoms with E-state index in [9.17, 15) is 9.50 Å². The SMILES string of the molecule is CN1CCSCC1C(O)Cc1ccc(F)cc1Br. The van der Waals surface area contributed by atoms with Crippen LogP contribution in [0.25, 0.3) is 0 Å². The Morgan fingerprint density at radius 2 is 2.39 bits per heavy atom. The number of nitrogens with zero attached hydrogens (tertiary/aromatic N) is 1. The number of hydrogen-bond acceptors (Lipinski definition) is 3. The highest BCUT2D eigenvalue weighted by Gasteiger charge is 2.26. The molecule has 0 bridgehead atoms. The van der Waals surface area contributed by atoms with Gasteiger partial charge < -0.3 is 5.11 Å². The maximum Gasteiger partial charge on any atom is 0.124 e. The third kappa shape index (κ3) is 3.47. The molecule has 18 heavy (non-hydrogen) atoms. The number of hydrogen-bond donors (Lipinski definition) is 1. The molecule has 1 aromatic rings. The zero-order valence-electron chi connectivity index (χ0n) is 10.3. The van der Waals surface area contributed by atoms with Gasteiger partial charge in [0.15, 0.2) is 0 Å². The number of likely N-dealkylation sites (N-methyl/N-ethyl adjacent to an activating group) is 1. The molecule has 1 aliphatic rings. The van der Waals surface area contributed by atoms with Gasteiger partial charge in [0.25, 0.3) is 0 Å². The van der Waals surface area contributed by atoms with Crippen molar-refractivity contribution in [1.82, 2.24) is 4.90 Å². The van der Waals surface area contributed by atoms with Crippen molar-refractivity contribution in [2.75, 3.05) is 25.1 Å². The molecule has 1 aliphatic heterocycles. The van der Waals surface area contributed by atoms with Crippen LogP contribution in [0.4, 0.5) is 4.39 Å². The molecular weight excluding hydrogens is 317 g/mol. The van der Waals surface area contributed by atoms with Crippen molar-refractivity contribution >= 4 is 27.7 Å². The predicted octanol–water partition coefficient (Wildman–Crippen LogP) is 2.54. The quantitative estimate of drug-likeness (QED) is 0.919. The molecule has 2 rings (SSSR count). The number of rotatable bonds is 3. The normalized spacial score (nSPS) is 23.0. The first-order valence-corrected chi connectivity index (χ1v) is 7.92. The first-order valence-electron chi connectivity index (χ1n) is 5.98. The minimum absolute atomic E-state index is 0.181. The van der Waals surface area contributed by atoms with Gasteiger partial charge in [0.05, 0.1) is 6.10 Å². The van der Waals surface area contributed by atoms with Crippen LogP contribution in [0.5, 0.6) is 0 Å². The molecule has 1 fully saturated rings. The lowest BCUT2D eigenvalue weighted by atomic mass is 10.0. The zero-order valence-corrected chi connectivity index (χ0v) is 12.7. The molecule has 0 radical (unpaired) electrons. The van der Waals surface area contributed by atoms with E-state index in [0.29, 0.717) is 6.42 Å². The van der Waals surface area contributed by atoms with Gasteiger partial charge in [-0.15, -0.1) is 0 Å². The summed E-state index contributed by atoms with van der Waals surface area (Å²) in [5.41, 5.74) is 0.952. The highest BCUT2D eigenvalue weighted by Crippen LogP contribution is 2.23. The Kier molecular flexibility index (Phi) is 5.06. The summed E-state index contributed by atoms with van der Waals surface area (Å²) in [7, 11) is 2.05. The van der Waals surface area contributed by atoms with Crippen molar-refractivity contribution in [2.45, 2.75) is 18.6 Å². The molecule has 1 N–H and O–H groups in total. The molecule has 5 heteroatoms. The van der Waals surface area contributed by atoms with Gasteiger partial charge in [-0.25, -0.2) is 4.39 Å². The van der Waals surface area contributed by atoms with E-state index in [4.69, 9.17) is 0 Å². The van der Waals surface area contributed by atoms with Crippen LogP contribution in [0.1, 0.15) is 5.56 Å². The summed E-state index contributed by atoms with van der Waals surface area (Å²) in [4.78, 5) is 2.21. The van der Waals surface area contributed by atoms with Crippen LogP contribution in [-0.4, -0.2) is 47.3 Å². The molecule has 1 aromatic carbocycles. The van der Waals surface area contributed by atoms with Gasteiger partial charge in [-0.1, -0.05) is 22.0 Å². The average molecular weight is 334 g/mol. The molecule has 0 spiro atoms. The molecular formula is C13H17BrFNOS. The van der Waals surface area contributed by atoms with Gasteiger partial charge in [-0.3, -0.25) is 4.90 Å². The van der Waals surface area contributed by atoms with E-state index >= 15 is 0 Å². The maximum atomic E-state index is 13.0. The lowest BCUT2D eigenvalue weighted by Crippen LogP contribution is -2.47.